The molecule has 3 heterocycles. The largest absolute Gasteiger partial charge is 0.465 e. The first kappa shape index (κ1) is 20.1. The van der Waals surface area contributed by atoms with Crippen LogP contribution in [0.1, 0.15) is 30.7 Å². The fourth-order valence-corrected chi connectivity index (χ4v) is 4.89. The number of fused-ring (bicyclic) bond motifs is 3. The second-order valence-corrected chi connectivity index (χ2v) is 8.80. The van der Waals surface area contributed by atoms with E-state index >= 15 is 0 Å². The summed E-state index contributed by atoms with van der Waals surface area (Å²) >= 11 is 0. The quantitative estimate of drug-likeness (QED) is 0.323. The lowest BCUT2D eigenvalue weighted by Crippen LogP contribution is -2.24. The number of ether oxygens (including phenoxy) is 2. The van der Waals surface area contributed by atoms with Gasteiger partial charge < -0.3 is 14.0 Å². The normalized spacial score (nSPS) is 16.5. The van der Waals surface area contributed by atoms with E-state index in [2.05, 4.69) is 89.4 Å². The van der Waals surface area contributed by atoms with E-state index in [-0.39, 0.29) is 6.29 Å². The van der Waals surface area contributed by atoms with Crippen LogP contribution in [-0.4, -0.2) is 27.2 Å². The van der Waals surface area contributed by atoms with Gasteiger partial charge in [-0.15, -0.1) is 0 Å². The van der Waals surface area contributed by atoms with E-state index in [4.69, 9.17) is 9.47 Å². The van der Waals surface area contributed by atoms with Gasteiger partial charge in [0, 0.05) is 34.6 Å². The van der Waals surface area contributed by atoms with Gasteiger partial charge in [0.15, 0.2) is 6.29 Å². The van der Waals surface area contributed by atoms with Crippen LogP contribution in [0.5, 0.6) is 5.75 Å². The molecule has 5 heteroatoms. The Kier molecular flexibility index (Phi) is 4.92. The summed E-state index contributed by atoms with van der Waals surface area (Å²) in [5.74, 6) is 0.845. The third-order valence-electron chi connectivity index (χ3n) is 6.41. The molecule has 0 saturated carbocycles. The van der Waals surface area contributed by atoms with E-state index < -0.39 is 0 Å². The Hall–Kier alpha value is -3.57. The van der Waals surface area contributed by atoms with E-state index in [0.717, 1.165) is 59.9 Å². The Morgan fingerprint density at radius 1 is 0.848 bits per heavy atom. The minimum absolute atomic E-state index is 0.158. The second kappa shape index (κ2) is 8.09. The minimum Gasteiger partial charge on any atom is -0.465 e. The summed E-state index contributed by atoms with van der Waals surface area (Å²) < 4.78 is 16.3. The van der Waals surface area contributed by atoms with Crippen molar-refractivity contribution in [3.8, 4) is 17.1 Å². The SMILES string of the molecule is Cc1cc(C)n(-c2ccc(-n3c4ccccc4c4ccc(OC5CCCCO5)cc43)cc2)n1. The molecule has 2 aromatic heterocycles. The van der Waals surface area contributed by atoms with Gasteiger partial charge in [-0.3, -0.25) is 0 Å². The molecule has 1 fully saturated rings. The predicted octanol–water partition coefficient (Wildman–Crippen LogP) is 6.49. The molecule has 1 aliphatic rings. The van der Waals surface area contributed by atoms with Gasteiger partial charge in [-0.05, 0) is 75.2 Å². The maximum Gasteiger partial charge on any atom is 0.199 e. The Labute approximate surface area is 193 Å². The molecule has 166 valence electrons. The average Bonchev–Trinajstić information content (AvgIpc) is 3.35. The average molecular weight is 438 g/mol. The molecule has 0 spiro atoms. The van der Waals surface area contributed by atoms with Crippen LogP contribution in [0.25, 0.3) is 33.2 Å². The summed E-state index contributed by atoms with van der Waals surface area (Å²) in [7, 11) is 0. The molecule has 6 rings (SSSR count). The summed E-state index contributed by atoms with van der Waals surface area (Å²) in [4.78, 5) is 0. The Morgan fingerprint density at radius 3 is 2.39 bits per heavy atom. The number of rotatable bonds is 4. The molecule has 1 unspecified atom stereocenters. The van der Waals surface area contributed by atoms with E-state index in [0.29, 0.717) is 0 Å². The van der Waals surface area contributed by atoms with Crippen LogP contribution >= 0.6 is 0 Å². The lowest BCUT2D eigenvalue weighted by Gasteiger charge is -2.23. The standard InChI is InChI=1S/C28H27N3O2/c1-19-17-20(2)31(29-19)22-12-10-21(11-13-22)30-26-8-4-3-7-24(26)25-15-14-23(18-27(25)30)33-28-9-5-6-16-32-28/h3-4,7-8,10-15,17-18,28H,5-6,9,16H2,1-2H3. The van der Waals surface area contributed by atoms with Crippen LogP contribution in [0, 0.1) is 13.8 Å². The molecule has 5 nitrogen and oxygen atoms in total. The minimum atomic E-state index is -0.158. The number of hydrogen-bond donors (Lipinski definition) is 0. The smallest absolute Gasteiger partial charge is 0.199 e. The van der Waals surface area contributed by atoms with Crippen LogP contribution in [0.4, 0.5) is 0 Å². The molecule has 0 bridgehead atoms. The van der Waals surface area contributed by atoms with Crippen molar-refractivity contribution < 1.29 is 9.47 Å². The maximum absolute atomic E-state index is 6.20. The van der Waals surface area contributed by atoms with Gasteiger partial charge in [0.2, 0.25) is 0 Å². The summed E-state index contributed by atoms with van der Waals surface area (Å²) in [5, 5.41) is 7.07. The van der Waals surface area contributed by atoms with Gasteiger partial charge in [-0.2, -0.15) is 5.10 Å². The first-order chi connectivity index (χ1) is 16.2. The molecule has 5 aromatic rings. The topological polar surface area (TPSA) is 41.2 Å². The van der Waals surface area contributed by atoms with Crippen molar-refractivity contribution in [3.05, 3.63) is 84.2 Å². The molecule has 0 aliphatic carbocycles. The number of benzene rings is 3. The number of aryl methyl sites for hydroxylation is 2. The van der Waals surface area contributed by atoms with Gasteiger partial charge >= 0.3 is 0 Å². The molecule has 33 heavy (non-hydrogen) atoms. The molecule has 0 radical (unpaired) electrons. The highest BCUT2D eigenvalue weighted by Crippen LogP contribution is 2.35. The first-order valence-electron chi connectivity index (χ1n) is 11.6. The monoisotopic (exact) mass is 437 g/mol. The van der Waals surface area contributed by atoms with Crippen molar-refractivity contribution in [2.45, 2.75) is 39.4 Å². The molecular weight excluding hydrogens is 410 g/mol. The fraction of sp³-hybridized carbons (Fsp3) is 0.250. The van der Waals surface area contributed by atoms with Crippen LogP contribution < -0.4 is 4.74 Å². The molecule has 1 aliphatic heterocycles. The van der Waals surface area contributed by atoms with Gasteiger partial charge in [0.05, 0.1) is 29.0 Å². The van der Waals surface area contributed by atoms with Crippen molar-refractivity contribution in [2.24, 2.45) is 0 Å². The van der Waals surface area contributed by atoms with Gasteiger partial charge in [-0.25, -0.2) is 4.68 Å². The van der Waals surface area contributed by atoms with Crippen molar-refractivity contribution in [1.82, 2.24) is 14.3 Å². The molecule has 0 N–H and O–H groups in total. The zero-order valence-electron chi connectivity index (χ0n) is 19.0. The first-order valence-corrected chi connectivity index (χ1v) is 11.6. The number of aromatic nitrogens is 3. The molecule has 0 amide bonds. The molecule has 1 saturated heterocycles. The van der Waals surface area contributed by atoms with Gasteiger partial charge in [0.25, 0.3) is 0 Å². The lowest BCUT2D eigenvalue weighted by molar-refractivity contribution is -0.105. The molecule has 3 aromatic carbocycles. The highest BCUT2D eigenvalue weighted by molar-refractivity contribution is 6.09. The second-order valence-electron chi connectivity index (χ2n) is 8.80. The third-order valence-corrected chi connectivity index (χ3v) is 6.41. The van der Waals surface area contributed by atoms with E-state index in [9.17, 15) is 0 Å². The Balaban J connectivity index is 1.45. The van der Waals surface area contributed by atoms with Crippen molar-refractivity contribution in [2.75, 3.05) is 6.61 Å². The molecule has 1 atom stereocenters. The Bertz CT molecular complexity index is 1440. The highest BCUT2D eigenvalue weighted by atomic mass is 16.7. The van der Waals surface area contributed by atoms with E-state index in [1.54, 1.807) is 0 Å². The van der Waals surface area contributed by atoms with Crippen molar-refractivity contribution >= 4 is 21.8 Å². The molecular formula is C28H27N3O2. The van der Waals surface area contributed by atoms with Crippen LogP contribution in [0.2, 0.25) is 0 Å². The zero-order valence-corrected chi connectivity index (χ0v) is 19.0. The van der Waals surface area contributed by atoms with E-state index in [1.165, 1.54) is 16.3 Å². The van der Waals surface area contributed by atoms with Gasteiger partial charge in [0.1, 0.15) is 5.75 Å². The van der Waals surface area contributed by atoms with Crippen LogP contribution in [0.15, 0.2) is 72.8 Å². The van der Waals surface area contributed by atoms with Crippen molar-refractivity contribution in [1.29, 1.82) is 0 Å². The number of hydrogen-bond acceptors (Lipinski definition) is 3. The highest BCUT2D eigenvalue weighted by Gasteiger charge is 2.17. The van der Waals surface area contributed by atoms with Crippen LogP contribution in [0.3, 0.4) is 0 Å². The zero-order chi connectivity index (χ0) is 22.4. The van der Waals surface area contributed by atoms with Crippen LogP contribution in [-0.2, 0) is 4.74 Å². The number of nitrogens with zero attached hydrogens (tertiary/aromatic N) is 3. The Morgan fingerprint density at radius 2 is 1.64 bits per heavy atom. The number of para-hydroxylation sites is 1. The summed E-state index contributed by atoms with van der Waals surface area (Å²) in [6.45, 7) is 4.88. The lowest BCUT2D eigenvalue weighted by atomic mass is 10.1. The summed E-state index contributed by atoms with van der Waals surface area (Å²) in [6, 6.07) is 25.6. The third kappa shape index (κ3) is 3.58. The van der Waals surface area contributed by atoms with Gasteiger partial charge in [-0.1, -0.05) is 18.2 Å². The van der Waals surface area contributed by atoms with Crippen molar-refractivity contribution in [3.63, 3.8) is 0 Å². The fourth-order valence-electron chi connectivity index (χ4n) is 4.89. The summed E-state index contributed by atoms with van der Waals surface area (Å²) in [6.07, 6.45) is 3.04. The predicted molar refractivity (Wildman–Crippen MR) is 132 cm³/mol. The summed E-state index contributed by atoms with van der Waals surface area (Å²) in [5.41, 5.74) is 6.62. The maximum atomic E-state index is 6.20. The van der Waals surface area contributed by atoms with E-state index in [1.807, 2.05) is 11.6 Å².